The topological polar surface area (TPSA) is 29.9 Å². The Morgan fingerprint density at radius 1 is 1.35 bits per heavy atom. The van der Waals surface area contributed by atoms with Crippen LogP contribution in [-0.2, 0) is 6.54 Å². The van der Waals surface area contributed by atoms with Gasteiger partial charge in [0.2, 0.25) is 0 Å². The highest BCUT2D eigenvalue weighted by molar-refractivity contribution is 7.71. The smallest absolute Gasteiger partial charge is 0.178 e. The molecule has 0 spiro atoms. The lowest BCUT2D eigenvalue weighted by Gasteiger charge is -2.07. The minimum Gasteiger partial charge on any atom is -0.494 e. The summed E-state index contributed by atoms with van der Waals surface area (Å²) in [6, 6.07) is 3.15. The predicted molar refractivity (Wildman–Crippen MR) is 82.3 cm³/mol. The number of unbranched alkanes of at least 4 members (excludes halogenated alkanes) is 1. The molecule has 0 saturated heterocycles. The van der Waals surface area contributed by atoms with E-state index in [9.17, 15) is 4.39 Å². The fourth-order valence-electron chi connectivity index (χ4n) is 2.36. The van der Waals surface area contributed by atoms with Crippen molar-refractivity contribution in [2.24, 2.45) is 5.92 Å². The monoisotopic (exact) mass is 296 g/mol. The fraction of sp³-hybridized carbons (Fsp3) is 0.533. The number of H-pyrrole nitrogens is 1. The van der Waals surface area contributed by atoms with Crippen LogP contribution in [0.25, 0.3) is 11.0 Å². The standard InChI is InChI=1S/C15H21FN2OS/c1-10(2)6-4-5-7-18-13-9-14(19-3)11(16)8-12(13)17-15(18)20/h8-10H,4-7H2,1-3H3,(H,17,20). The van der Waals surface area contributed by atoms with Crippen LogP contribution in [0.1, 0.15) is 33.1 Å². The minimum atomic E-state index is -0.372. The van der Waals surface area contributed by atoms with Crippen molar-refractivity contribution in [2.45, 2.75) is 39.7 Å². The molecule has 0 aliphatic carbocycles. The third-order valence-corrected chi connectivity index (χ3v) is 3.78. The van der Waals surface area contributed by atoms with Gasteiger partial charge in [0.05, 0.1) is 18.1 Å². The Bertz CT molecular complexity index is 645. The number of hydrogen-bond acceptors (Lipinski definition) is 2. The van der Waals surface area contributed by atoms with E-state index < -0.39 is 0 Å². The van der Waals surface area contributed by atoms with Gasteiger partial charge in [-0.25, -0.2) is 4.39 Å². The summed E-state index contributed by atoms with van der Waals surface area (Å²) in [6.45, 7) is 5.30. The van der Waals surface area contributed by atoms with Crippen LogP contribution in [0.2, 0.25) is 0 Å². The number of fused-ring (bicyclic) bond motifs is 1. The van der Waals surface area contributed by atoms with Crippen molar-refractivity contribution < 1.29 is 9.13 Å². The zero-order chi connectivity index (χ0) is 14.7. The summed E-state index contributed by atoms with van der Waals surface area (Å²) in [5, 5.41) is 0. The van der Waals surface area contributed by atoms with Crippen molar-refractivity contribution in [3.8, 4) is 5.75 Å². The van der Waals surface area contributed by atoms with E-state index in [2.05, 4.69) is 18.8 Å². The maximum absolute atomic E-state index is 13.7. The second kappa shape index (κ2) is 6.39. The molecular formula is C15H21FN2OS. The molecule has 1 aromatic heterocycles. The van der Waals surface area contributed by atoms with Crippen LogP contribution in [0.5, 0.6) is 5.75 Å². The van der Waals surface area contributed by atoms with E-state index in [1.54, 1.807) is 6.07 Å². The quantitative estimate of drug-likeness (QED) is 0.620. The van der Waals surface area contributed by atoms with Gasteiger partial charge in [0.15, 0.2) is 16.3 Å². The maximum atomic E-state index is 13.7. The van der Waals surface area contributed by atoms with Crippen molar-refractivity contribution in [3.63, 3.8) is 0 Å². The third-order valence-electron chi connectivity index (χ3n) is 3.46. The van der Waals surface area contributed by atoms with Gasteiger partial charge in [-0.1, -0.05) is 26.7 Å². The summed E-state index contributed by atoms with van der Waals surface area (Å²) < 4.78 is 21.4. The molecule has 1 aromatic carbocycles. The number of imidazole rings is 1. The van der Waals surface area contributed by atoms with Crippen LogP contribution in [0.3, 0.4) is 0 Å². The Morgan fingerprint density at radius 2 is 2.10 bits per heavy atom. The van der Waals surface area contributed by atoms with Crippen LogP contribution in [0, 0.1) is 16.5 Å². The van der Waals surface area contributed by atoms with Gasteiger partial charge < -0.3 is 14.3 Å². The molecule has 20 heavy (non-hydrogen) atoms. The van der Waals surface area contributed by atoms with E-state index in [0.29, 0.717) is 4.77 Å². The van der Waals surface area contributed by atoms with Gasteiger partial charge in [-0.15, -0.1) is 0 Å². The number of aromatic nitrogens is 2. The van der Waals surface area contributed by atoms with Gasteiger partial charge in [-0.3, -0.25) is 0 Å². The molecule has 1 heterocycles. The SMILES string of the molecule is COc1cc2c(cc1F)[nH]c(=S)n2CCCCC(C)C. The van der Waals surface area contributed by atoms with Crippen molar-refractivity contribution in [1.29, 1.82) is 0 Å². The van der Waals surface area contributed by atoms with Crippen LogP contribution >= 0.6 is 12.2 Å². The third kappa shape index (κ3) is 3.20. The summed E-state index contributed by atoms with van der Waals surface area (Å²) in [4.78, 5) is 3.05. The Labute approximate surface area is 123 Å². The van der Waals surface area contributed by atoms with E-state index in [-0.39, 0.29) is 11.6 Å². The summed E-state index contributed by atoms with van der Waals surface area (Å²) in [6.07, 6.45) is 3.46. The highest BCUT2D eigenvalue weighted by Crippen LogP contribution is 2.25. The first-order valence-electron chi connectivity index (χ1n) is 6.99. The average Bonchev–Trinajstić information content (AvgIpc) is 2.68. The zero-order valence-corrected chi connectivity index (χ0v) is 13.0. The maximum Gasteiger partial charge on any atom is 0.178 e. The molecule has 0 unspecified atom stereocenters. The second-order valence-electron chi connectivity index (χ2n) is 5.48. The number of aromatic amines is 1. The molecule has 2 rings (SSSR count). The first-order chi connectivity index (χ1) is 9.52. The van der Waals surface area contributed by atoms with Gasteiger partial charge >= 0.3 is 0 Å². The molecule has 5 heteroatoms. The van der Waals surface area contributed by atoms with Crippen LogP contribution in [-0.4, -0.2) is 16.7 Å². The predicted octanol–water partition coefficient (Wildman–Crippen LogP) is 4.67. The molecule has 1 N–H and O–H groups in total. The number of hydrogen-bond donors (Lipinski definition) is 1. The number of nitrogens with one attached hydrogen (secondary N) is 1. The zero-order valence-electron chi connectivity index (χ0n) is 12.2. The molecular weight excluding hydrogens is 275 g/mol. The van der Waals surface area contributed by atoms with Crippen LogP contribution < -0.4 is 4.74 Å². The van der Waals surface area contributed by atoms with Gasteiger partial charge in [-0.2, -0.15) is 0 Å². The summed E-state index contributed by atoms with van der Waals surface area (Å²) >= 11 is 5.32. The number of benzene rings is 1. The largest absolute Gasteiger partial charge is 0.494 e. The summed E-state index contributed by atoms with van der Waals surface area (Å²) in [7, 11) is 1.47. The number of aryl methyl sites for hydroxylation is 1. The molecule has 0 amide bonds. The Morgan fingerprint density at radius 3 is 2.75 bits per heavy atom. The number of rotatable bonds is 6. The molecule has 0 aliphatic heterocycles. The van der Waals surface area contributed by atoms with Crippen molar-refractivity contribution in [3.05, 3.63) is 22.7 Å². The fourth-order valence-corrected chi connectivity index (χ4v) is 2.66. The van der Waals surface area contributed by atoms with Gasteiger partial charge in [0.25, 0.3) is 0 Å². The van der Waals surface area contributed by atoms with E-state index in [1.807, 2.05) is 4.57 Å². The number of methoxy groups -OCH3 is 1. The summed E-state index contributed by atoms with van der Waals surface area (Å²) in [5.41, 5.74) is 1.62. The number of ether oxygens (including phenoxy) is 1. The molecule has 110 valence electrons. The Kier molecular flexibility index (Phi) is 4.81. The van der Waals surface area contributed by atoms with Crippen molar-refractivity contribution >= 4 is 23.3 Å². The first-order valence-corrected chi connectivity index (χ1v) is 7.39. The molecule has 0 aliphatic rings. The van der Waals surface area contributed by atoms with Gasteiger partial charge in [0, 0.05) is 18.7 Å². The molecule has 0 bridgehead atoms. The average molecular weight is 296 g/mol. The highest BCUT2D eigenvalue weighted by Gasteiger charge is 2.10. The lowest BCUT2D eigenvalue weighted by atomic mass is 10.1. The van der Waals surface area contributed by atoms with E-state index in [0.717, 1.165) is 29.9 Å². The lowest BCUT2D eigenvalue weighted by molar-refractivity contribution is 0.387. The van der Waals surface area contributed by atoms with Crippen LogP contribution in [0.15, 0.2) is 12.1 Å². The normalized spacial score (nSPS) is 11.4. The highest BCUT2D eigenvalue weighted by atomic mass is 32.1. The molecule has 2 aromatic rings. The Hall–Kier alpha value is -1.36. The number of halogens is 1. The minimum absolute atomic E-state index is 0.252. The lowest BCUT2D eigenvalue weighted by Crippen LogP contribution is -1.99. The van der Waals surface area contributed by atoms with E-state index in [1.165, 1.54) is 26.0 Å². The molecule has 3 nitrogen and oxygen atoms in total. The van der Waals surface area contributed by atoms with E-state index in [4.69, 9.17) is 17.0 Å². The molecule has 0 fully saturated rings. The van der Waals surface area contributed by atoms with Crippen molar-refractivity contribution in [2.75, 3.05) is 7.11 Å². The molecule has 0 radical (unpaired) electrons. The van der Waals surface area contributed by atoms with Gasteiger partial charge in [0.1, 0.15) is 0 Å². The molecule has 0 atom stereocenters. The summed E-state index contributed by atoms with van der Waals surface area (Å²) in [5.74, 6) is 0.603. The second-order valence-corrected chi connectivity index (χ2v) is 5.86. The molecule has 0 saturated carbocycles. The Balaban J connectivity index is 2.24. The van der Waals surface area contributed by atoms with E-state index >= 15 is 0 Å². The number of nitrogens with zero attached hydrogens (tertiary/aromatic N) is 1. The van der Waals surface area contributed by atoms with Crippen molar-refractivity contribution in [1.82, 2.24) is 9.55 Å². The van der Waals surface area contributed by atoms with Crippen LogP contribution in [0.4, 0.5) is 4.39 Å². The first kappa shape index (κ1) is 15.0. The van der Waals surface area contributed by atoms with Gasteiger partial charge in [-0.05, 0) is 24.6 Å².